The standard InChI is InChI=1S/C23H24N6O3S/c1-4-29-22(15-9-10-19(31-2)20(11-15)32-3)27-28-23(29)33-14-21(30)26-25-13-16-12-24-18-8-6-5-7-17(16)18/h5-13,24H,4,14H2,1-3H3,(H,26,30)/b25-13-. The zero-order valence-electron chi connectivity index (χ0n) is 18.5. The molecule has 170 valence electrons. The molecule has 0 saturated carbocycles. The van der Waals surface area contributed by atoms with Gasteiger partial charge in [0.25, 0.3) is 5.91 Å². The number of thioether (sulfide) groups is 1. The highest BCUT2D eigenvalue weighted by atomic mass is 32.2. The van der Waals surface area contributed by atoms with Crippen LogP contribution in [0.15, 0.2) is 58.9 Å². The lowest BCUT2D eigenvalue weighted by atomic mass is 10.2. The highest BCUT2D eigenvalue weighted by molar-refractivity contribution is 7.99. The van der Waals surface area contributed by atoms with Crippen molar-refractivity contribution in [3.05, 3.63) is 54.2 Å². The molecule has 0 aliphatic carbocycles. The molecule has 2 N–H and O–H groups in total. The van der Waals surface area contributed by atoms with Gasteiger partial charge in [0, 0.05) is 34.8 Å². The zero-order chi connectivity index (χ0) is 23.2. The van der Waals surface area contributed by atoms with Gasteiger partial charge < -0.3 is 19.0 Å². The predicted molar refractivity (Wildman–Crippen MR) is 129 cm³/mol. The Bertz CT molecular complexity index is 1300. The van der Waals surface area contributed by atoms with E-state index in [0.717, 1.165) is 22.0 Å². The summed E-state index contributed by atoms with van der Waals surface area (Å²) < 4.78 is 12.6. The zero-order valence-corrected chi connectivity index (χ0v) is 19.3. The SMILES string of the molecule is CCn1c(SCC(=O)N/N=C\c2c[nH]c3ccccc23)nnc1-c1ccc(OC)c(OC)c1. The molecule has 4 aromatic rings. The molecule has 0 atom stereocenters. The molecule has 0 unspecified atom stereocenters. The Labute approximate surface area is 195 Å². The summed E-state index contributed by atoms with van der Waals surface area (Å²) in [5.41, 5.74) is 5.34. The van der Waals surface area contributed by atoms with Crippen molar-refractivity contribution in [1.82, 2.24) is 25.2 Å². The summed E-state index contributed by atoms with van der Waals surface area (Å²) in [7, 11) is 3.18. The minimum atomic E-state index is -0.227. The van der Waals surface area contributed by atoms with Crippen molar-refractivity contribution in [3.63, 3.8) is 0 Å². The number of benzene rings is 2. The normalized spacial score (nSPS) is 11.2. The smallest absolute Gasteiger partial charge is 0.250 e. The van der Waals surface area contributed by atoms with Crippen LogP contribution in [0.5, 0.6) is 11.5 Å². The molecule has 0 fully saturated rings. The maximum absolute atomic E-state index is 12.3. The molecule has 33 heavy (non-hydrogen) atoms. The lowest BCUT2D eigenvalue weighted by molar-refractivity contribution is -0.118. The van der Waals surface area contributed by atoms with Crippen LogP contribution in [0.25, 0.3) is 22.3 Å². The minimum absolute atomic E-state index is 0.162. The Balaban J connectivity index is 1.40. The van der Waals surface area contributed by atoms with Crippen LogP contribution in [0.4, 0.5) is 0 Å². The van der Waals surface area contributed by atoms with Gasteiger partial charge in [-0.15, -0.1) is 10.2 Å². The van der Waals surface area contributed by atoms with Crippen LogP contribution in [0, 0.1) is 0 Å². The summed E-state index contributed by atoms with van der Waals surface area (Å²) in [6.07, 6.45) is 3.49. The highest BCUT2D eigenvalue weighted by Crippen LogP contribution is 2.32. The fourth-order valence-electron chi connectivity index (χ4n) is 3.41. The summed E-state index contributed by atoms with van der Waals surface area (Å²) in [6.45, 7) is 2.66. The molecule has 0 aliphatic heterocycles. The van der Waals surface area contributed by atoms with Crippen LogP contribution >= 0.6 is 11.8 Å². The van der Waals surface area contributed by atoms with Crippen molar-refractivity contribution < 1.29 is 14.3 Å². The second kappa shape index (κ2) is 10.2. The molecule has 0 bridgehead atoms. The molecular formula is C23H24N6O3S. The van der Waals surface area contributed by atoms with Crippen molar-refractivity contribution >= 4 is 34.8 Å². The van der Waals surface area contributed by atoms with Crippen LogP contribution in [0.1, 0.15) is 12.5 Å². The van der Waals surface area contributed by atoms with E-state index in [1.807, 2.05) is 60.2 Å². The third kappa shape index (κ3) is 4.85. The summed E-state index contributed by atoms with van der Waals surface area (Å²) in [5, 5.41) is 14.4. The van der Waals surface area contributed by atoms with Gasteiger partial charge in [-0.25, -0.2) is 5.43 Å². The molecule has 0 aliphatic rings. The molecule has 2 aromatic heterocycles. The van der Waals surface area contributed by atoms with E-state index >= 15 is 0 Å². The van der Waals surface area contributed by atoms with Gasteiger partial charge in [-0.2, -0.15) is 5.10 Å². The van der Waals surface area contributed by atoms with E-state index in [9.17, 15) is 4.79 Å². The summed E-state index contributed by atoms with van der Waals surface area (Å²) in [4.78, 5) is 15.5. The fraction of sp³-hybridized carbons (Fsp3) is 0.217. The second-order valence-electron chi connectivity index (χ2n) is 6.99. The predicted octanol–water partition coefficient (Wildman–Crippen LogP) is 3.71. The molecule has 4 rings (SSSR count). The monoisotopic (exact) mass is 464 g/mol. The number of ether oxygens (including phenoxy) is 2. The van der Waals surface area contributed by atoms with Crippen molar-refractivity contribution in [2.75, 3.05) is 20.0 Å². The van der Waals surface area contributed by atoms with E-state index in [2.05, 4.69) is 25.7 Å². The van der Waals surface area contributed by atoms with E-state index < -0.39 is 0 Å². The first-order valence-corrected chi connectivity index (χ1v) is 11.3. The first kappa shape index (κ1) is 22.4. The number of rotatable bonds is 9. The Morgan fingerprint density at radius 2 is 2.00 bits per heavy atom. The number of para-hydroxylation sites is 1. The van der Waals surface area contributed by atoms with Crippen molar-refractivity contribution in [2.45, 2.75) is 18.6 Å². The molecule has 0 radical (unpaired) electrons. The fourth-order valence-corrected chi connectivity index (χ4v) is 4.20. The van der Waals surface area contributed by atoms with Crippen molar-refractivity contribution in [3.8, 4) is 22.9 Å². The molecule has 0 saturated heterocycles. The number of carbonyl (C=O) groups excluding carboxylic acids is 1. The molecule has 2 heterocycles. The quantitative estimate of drug-likeness (QED) is 0.222. The maximum Gasteiger partial charge on any atom is 0.250 e. The van der Waals surface area contributed by atoms with Crippen LogP contribution < -0.4 is 14.9 Å². The number of nitrogens with zero attached hydrogens (tertiary/aromatic N) is 4. The average molecular weight is 465 g/mol. The molecule has 9 nitrogen and oxygen atoms in total. The number of hydrogen-bond acceptors (Lipinski definition) is 7. The van der Waals surface area contributed by atoms with E-state index in [1.54, 1.807) is 20.4 Å². The van der Waals surface area contributed by atoms with E-state index in [-0.39, 0.29) is 11.7 Å². The lowest BCUT2D eigenvalue weighted by Crippen LogP contribution is -2.20. The number of nitrogens with one attached hydrogen (secondary N) is 2. The number of methoxy groups -OCH3 is 2. The largest absolute Gasteiger partial charge is 0.493 e. The Morgan fingerprint density at radius 1 is 1.18 bits per heavy atom. The number of hydrazone groups is 1. The Kier molecular flexibility index (Phi) is 6.94. The maximum atomic E-state index is 12.3. The summed E-state index contributed by atoms with van der Waals surface area (Å²) in [6, 6.07) is 13.5. The first-order chi connectivity index (χ1) is 16.1. The van der Waals surface area contributed by atoms with Crippen LogP contribution in [-0.2, 0) is 11.3 Å². The third-order valence-corrected chi connectivity index (χ3v) is 5.99. The Morgan fingerprint density at radius 3 is 2.79 bits per heavy atom. The molecule has 2 aromatic carbocycles. The number of fused-ring (bicyclic) bond motifs is 1. The minimum Gasteiger partial charge on any atom is -0.493 e. The van der Waals surface area contributed by atoms with Gasteiger partial charge in [-0.05, 0) is 31.2 Å². The van der Waals surface area contributed by atoms with Crippen LogP contribution in [0.3, 0.4) is 0 Å². The van der Waals surface area contributed by atoms with Gasteiger partial charge in [-0.3, -0.25) is 4.79 Å². The number of hydrogen-bond donors (Lipinski definition) is 2. The second-order valence-corrected chi connectivity index (χ2v) is 7.93. The third-order valence-electron chi connectivity index (χ3n) is 5.02. The topological polar surface area (TPSA) is 106 Å². The van der Waals surface area contributed by atoms with Crippen LogP contribution in [0.2, 0.25) is 0 Å². The molecule has 0 spiro atoms. The van der Waals surface area contributed by atoms with Gasteiger partial charge in [-0.1, -0.05) is 30.0 Å². The first-order valence-electron chi connectivity index (χ1n) is 10.3. The highest BCUT2D eigenvalue weighted by Gasteiger charge is 2.16. The van der Waals surface area contributed by atoms with E-state index in [1.165, 1.54) is 11.8 Å². The number of aromatic nitrogens is 4. The summed E-state index contributed by atoms with van der Waals surface area (Å²) in [5.74, 6) is 1.88. The summed E-state index contributed by atoms with van der Waals surface area (Å²) >= 11 is 1.30. The number of amides is 1. The molecule has 1 amide bonds. The van der Waals surface area contributed by atoms with Gasteiger partial charge >= 0.3 is 0 Å². The van der Waals surface area contributed by atoms with E-state index in [4.69, 9.17) is 9.47 Å². The number of H-pyrrole nitrogens is 1. The number of carbonyl (C=O) groups is 1. The van der Waals surface area contributed by atoms with Gasteiger partial charge in [0.1, 0.15) is 0 Å². The van der Waals surface area contributed by atoms with E-state index in [0.29, 0.717) is 29.0 Å². The lowest BCUT2D eigenvalue weighted by Gasteiger charge is -2.10. The van der Waals surface area contributed by atoms with Gasteiger partial charge in [0.05, 0.1) is 26.2 Å². The van der Waals surface area contributed by atoms with Gasteiger partial charge in [0.15, 0.2) is 22.5 Å². The molecular weight excluding hydrogens is 440 g/mol. The average Bonchev–Trinajstić information content (AvgIpc) is 3.46. The Hall–Kier alpha value is -3.79. The molecule has 10 heteroatoms. The van der Waals surface area contributed by atoms with Crippen molar-refractivity contribution in [2.24, 2.45) is 5.10 Å². The van der Waals surface area contributed by atoms with Crippen molar-refractivity contribution in [1.29, 1.82) is 0 Å². The van der Waals surface area contributed by atoms with Gasteiger partial charge in [0.2, 0.25) is 0 Å². The number of aromatic amines is 1. The van der Waals surface area contributed by atoms with Crippen LogP contribution in [-0.4, -0.2) is 51.8 Å².